The number of nitrogens with one attached hydrogen (secondary N) is 1. The van der Waals surface area contributed by atoms with E-state index in [-0.39, 0.29) is 0 Å². The summed E-state index contributed by atoms with van der Waals surface area (Å²) in [4.78, 5) is 11.3. The SMILES string of the molecule is CCc1cnc(NC2CCN(c3cccc(C)c3)CC2)nc1. The van der Waals surface area contributed by atoms with Crippen LogP contribution in [0.5, 0.6) is 0 Å². The predicted octanol–water partition coefficient (Wildman–Crippen LogP) is 3.43. The molecule has 1 aliphatic rings. The minimum Gasteiger partial charge on any atom is -0.371 e. The first-order valence-electron chi connectivity index (χ1n) is 8.13. The molecule has 116 valence electrons. The van der Waals surface area contributed by atoms with E-state index in [0.29, 0.717) is 6.04 Å². The fraction of sp³-hybridized carbons (Fsp3) is 0.444. The van der Waals surface area contributed by atoms with Gasteiger partial charge in [-0.25, -0.2) is 9.97 Å². The Bertz CT molecular complexity index is 601. The first-order chi connectivity index (χ1) is 10.7. The van der Waals surface area contributed by atoms with E-state index < -0.39 is 0 Å². The van der Waals surface area contributed by atoms with E-state index in [1.165, 1.54) is 16.8 Å². The van der Waals surface area contributed by atoms with Crippen LogP contribution in [0.1, 0.15) is 30.9 Å². The largest absolute Gasteiger partial charge is 0.371 e. The number of nitrogens with zero attached hydrogens (tertiary/aromatic N) is 3. The number of hydrogen-bond acceptors (Lipinski definition) is 4. The number of piperidine rings is 1. The maximum Gasteiger partial charge on any atom is 0.222 e. The van der Waals surface area contributed by atoms with Gasteiger partial charge in [0.1, 0.15) is 0 Å². The number of aryl methyl sites for hydroxylation is 2. The van der Waals surface area contributed by atoms with E-state index in [4.69, 9.17) is 0 Å². The molecule has 1 aromatic carbocycles. The maximum atomic E-state index is 4.40. The van der Waals surface area contributed by atoms with Gasteiger partial charge in [-0.1, -0.05) is 19.1 Å². The van der Waals surface area contributed by atoms with Crippen molar-refractivity contribution in [2.75, 3.05) is 23.3 Å². The molecule has 0 spiro atoms. The minimum atomic E-state index is 0.466. The summed E-state index contributed by atoms with van der Waals surface area (Å²) in [6.45, 7) is 6.42. The average molecular weight is 296 g/mol. The summed E-state index contributed by atoms with van der Waals surface area (Å²) < 4.78 is 0. The summed E-state index contributed by atoms with van der Waals surface area (Å²) in [6, 6.07) is 9.22. The topological polar surface area (TPSA) is 41.1 Å². The van der Waals surface area contributed by atoms with Crippen LogP contribution >= 0.6 is 0 Å². The summed E-state index contributed by atoms with van der Waals surface area (Å²) in [7, 11) is 0. The number of hydrogen-bond donors (Lipinski definition) is 1. The number of rotatable bonds is 4. The van der Waals surface area contributed by atoms with E-state index >= 15 is 0 Å². The minimum absolute atomic E-state index is 0.466. The van der Waals surface area contributed by atoms with Crippen LogP contribution in [0.15, 0.2) is 36.7 Å². The summed E-state index contributed by atoms with van der Waals surface area (Å²) in [5.74, 6) is 0.756. The Morgan fingerprint density at radius 2 is 1.91 bits per heavy atom. The van der Waals surface area contributed by atoms with Gasteiger partial charge >= 0.3 is 0 Å². The summed E-state index contributed by atoms with van der Waals surface area (Å²) in [5.41, 5.74) is 3.84. The molecule has 4 nitrogen and oxygen atoms in total. The highest BCUT2D eigenvalue weighted by Gasteiger charge is 2.19. The molecule has 0 bridgehead atoms. The monoisotopic (exact) mass is 296 g/mol. The third kappa shape index (κ3) is 3.56. The van der Waals surface area contributed by atoms with Gasteiger partial charge in [0, 0.05) is 37.2 Å². The van der Waals surface area contributed by atoms with E-state index in [0.717, 1.165) is 38.3 Å². The molecule has 3 rings (SSSR count). The fourth-order valence-corrected chi connectivity index (χ4v) is 2.90. The van der Waals surface area contributed by atoms with Gasteiger partial charge in [-0.2, -0.15) is 0 Å². The summed E-state index contributed by atoms with van der Waals surface area (Å²) >= 11 is 0. The third-order valence-electron chi connectivity index (χ3n) is 4.31. The third-order valence-corrected chi connectivity index (χ3v) is 4.31. The Balaban J connectivity index is 1.55. The predicted molar refractivity (Wildman–Crippen MR) is 91.4 cm³/mol. The lowest BCUT2D eigenvalue weighted by atomic mass is 10.0. The molecule has 0 amide bonds. The van der Waals surface area contributed by atoms with Crippen LogP contribution in [0.4, 0.5) is 11.6 Å². The van der Waals surface area contributed by atoms with Gasteiger partial charge in [-0.15, -0.1) is 0 Å². The van der Waals surface area contributed by atoms with E-state index in [1.54, 1.807) is 0 Å². The zero-order chi connectivity index (χ0) is 15.4. The molecular formula is C18H24N4. The van der Waals surface area contributed by atoms with Crippen molar-refractivity contribution in [3.63, 3.8) is 0 Å². The fourth-order valence-electron chi connectivity index (χ4n) is 2.90. The van der Waals surface area contributed by atoms with Crippen LogP contribution in [0.2, 0.25) is 0 Å². The van der Waals surface area contributed by atoms with Gasteiger partial charge in [0.15, 0.2) is 0 Å². The zero-order valence-electron chi connectivity index (χ0n) is 13.4. The molecule has 1 fully saturated rings. The second kappa shape index (κ2) is 6.77. The van der Waals surface area contributed by atoms with Crippen LogP contribution in [0.25, 0.3) is 0 Å². The second-order valence-corrected chi connectivity index (χ2v) is 6.01. The van der Waals surface area contributed by atoms with Crippen LogP contribution in [-0.4, -0.2) is 29.1 Å². The van der Waals surface area contributed by atoms with E-state index in [9.17, 15) is 0 Å². The summed E-state index contributed by atoms with van der Waals surface area (Å²) in [6.07, 6.45) is 7.04. The average Bonchev–Trinajstić information content (AvgIpc) is 2.56. The summed E-state index contributed by atoms with van der Waals surface area (Å²) in [5, 5.41) is 3.47. The van der Waals surface area contributed by atoms with Gasteiger partial charge in [-0.05, 0) is 49.4 Å². The van der Waals surface area contributed by atoms with Crippen molar-refractivity contribution in [3.05, 3.63) is 47.8 Å². The van der Waals surface area contributed by atoms with E-state index in [2.05, 4.69) is 58.3 Å². The molecule has 0 saturated carbocycles. The number of benzene rings is 1. The van der Waals surface area contributed by atoms with Gasteiger partial charge in [0.25, 0.3) is 0 Å². The molecule has 2 heterocycles. The highest BCUT2D eigenvalue weighted by Crippen LogP contribution is 2.22. The molecule has 0 radical (unpaired) electrons. The quantitative estimate of drug-likeness (QED) is 0.938. The van der Waals surface area contributed by atoms with Crippen molar-refractivity contribution in [2.24, 2.45) is 0 Å². The van der Waals surface area contributed by atoms with Crippen molar-refractivity contribution in [1.29, 1.82) is 0 Å². The Hall–Kier alpha value is -2.10. The van der Waals surface area contributed by atoms with Gasteiger partial charge in [0.05, 0.1) is 0 Å². The van der Waals surface area contributed by atoms with Gasteiger partial charge in [-0.3, -0.25) is 0 Å². The van der Waals surface area contributed by atoms with E-state index in [1.807, 2.05) is 12.4 Å². The van der Waals surface area contributed by atoms with Crippen molar-refractivity contribution in [2.45, 2.75) is 39.2 Å². The Labute approximate surface area is 132 Å². The first-order valence-corrected chi connectivity index (χ1v) is 8.13. The van der Waals surface area contributed by atoms with Gasteiger partial charge in [0.2, 0.25) is 5.95 Å². The molecule has 4 heteroatoms. The lowest BCUT2D eigenvalue weighted by molar-refractivity contribution is 0.524. The van der Waals surface area contributed by atoms with Crippen LogP contribution in [0.3, 0.4) is 0 Å². The lowest BCUT2D eigenvalue weighted by Gasteiger charge is -2.34. The Morgan fingerprint density at radius 3 is 2.55 bits per heavy atom. The van der Waals surface area contributed by atoms with Crippen LogP contribution in [0, 0.1) is 6.92 Å². The molecule has 0 atom stereocenters. The van der Waals surface area contributed by atoms with Crippen molar-refractivity contribution in [1.82, 2.24) is 9.97 Å². The highest BCUT2D eigenvalue weighted by atomic mass is 15.2. The number of anilines is 2. The standard InChI is InChI=1S/C18H24N4/c1-3-15-12-19-18(20-13-15)21-16-7-9-22(10-8-16)17-6-4-5-14(2)11-17/h4-6,11-13,16H,3,7-10H2,1-2H3,(H,19,20,21). The molecule has 1 saturated heterocycles. The second-order valence-electron chi connectivity index (χ2n) is 6.01. The molecule has 0 aliphatic carbocycles. The Morgan fingerprint density at radius 1 is 1.18 bits per heavy atom. The van der Waals surface area contributed by atoms with Crippen molar-refractivity contribution in [3.8, 4) is 0 Å². The normalized spacial score (nSPS) is 15.8. The molecule has 2 aromatic rings. The lowest BCUT2D eigenvalue weighted by Crippen LogP contribution is -2.39. The molecule has 1 N–H and O–H groups in total. The molecule has 0 unspecified atom stereocenters. The highest BCUT2D eigenvalue weighted by molar-refractivity contribution is 5.49. The maximum absolute atomic E-state index is 4.40. The molecular weight excluding hydrogens is 272 g/mol. The smallest absolute Gasteiger partial charge is 0.222 e. The number of aromatic nitrogens is 2. The van der Waals surface area contributed by atoms with Crippen molar-refractivity contribution < 1.29 is 0 Å². The van der Waals surface area contributed by atoms with Crippen LogP contribution < -0.4 is 10.2 Å². The Kier molecular flexibility index (Phi) is 4.56. The molecule has 22 heavy (non-hydrogen) atoms. The zero-order valence-corrected chi connectivity index (χ0v) is 13.4. The van der Waals surface area contributed by atoms with Crippen LogP contribution in [-0.2, 0) is 6.42 Å². The first kappa shape index (κ1) is 14.8. The molecule has 1 aromatic heterocycles. The van der Waals surface area contributed by atoms with Crippen molar-refractivity contribution >= 4 is 11.6 Å². The molecule has 1 aliphatic heterocycles. The van der Waals surface area contributed by atoms with Gasteiger partial charge < -0.3 is 10.2 Å².